The summed E-state index contributed by atoms with van der Waals surface area (Å²) < 4.78 is 38.8. The lowest BCUT2D eigenvalue weighted by atomic mass is 9.98. The SMILES string of the molecule is COc1ccc(OCCCN2CCCC(CNS(=O)(=O)c3ccc(C)cc3)C2)cc1. The second-order valence-electron chi connectivity index (χ2n) is 7.85. The maximum Gasteiger partial charge on any atom is 0.240 e. The quantitative estimate of drug-likeness (QED) is 0.583. The molecule has 0 radical (unpaired) electrons. The van der Waals surface area contributed by atoms with Crippen LogP contribution < -0.4 is 14.2 Å². The molecule has 7 heteroatoms. The maximum absolute atomic E-state index is 12.5. The summed E-state index contributed by atoms with van der Waals surface area (Å²) in [5.41, 5.74) is 1.05. The van der Waals surface area contributed by atoms with Crippen LogP contribution in [-0.4, -0.2) is 53.2 Å². The predicted octanol–water partition coefficient (Wildman–Crippen LogP) is 3.46. The van der Waals surface area contributed by atoms with Crippen molar-refractivity contribution in [1.82, 2.24) is 9.62 Å². The van der Waals surface area contributed by atoms with Gasteiger partial charge in [-0.2, -0.15) is 0 Å². The van der Waals surface area contributed by atoms with Gasteiger partial charge in [0.15, 0.2) is 0 Å². The molecule has 3 rings (SSSR count). The molecule has 0 aliphatic carbocycles. The van der Waals surface area contributed by atoms with E-state index < -0.39 is 10.0 Å². The number of ether oxygens (including phenoxy) is 2. The first-order chi connectivity index (χ1) is 14.5. The molecule has 1 heterocycles. The number of nitrogens with one attached hydrogen (secondary N) is 1. The van der Waals surface area contributed by atoms with Crippen LogP contribution in [-0.2, 0) is 10.0 Å². The average Bonchev–Trinajstić information content (AvgIpc) is 2.76. The van der Waals surface area contributed by atoms with Gasteiger partial charge < -0.3 is 14.4 Å². The lowest BCUT2D eigenvalue weighted by molar-refractivity contribution is 0.163. The van der Waals surface area contributed by atoms with Crippen LogP contribution in [0.2, 0.25) is 0 Å². The molecule has 0 spiro atoms. The standard InChI is InChI=1S/C23H32N2O4S/c1-19-6-12-23(13-7-19)30(26,27)24-17-20-5-3-14-25(18-20)15-4-16-29-22-10-8-21(28-2)9-11-22/h6-13,20,24H,3-5,14-18H2,1-2H3. The Bertz CT molecular complexity index is 882. The molecule has 2 aromatic rings. The van der Waals surface area contributed by atoms with Gasteiger partial charge in [-0.25, -0.2) is 13.1 Å². The van der Waals surface area contributed by atoms with Crippen LogP contribution in [0.3, 0.4) is 0 Å². The summed E-state index contributed by atoms with van der Waals surface area (Å²) in [4.78, 5) is 2.74. The van der Waals surface area contributed by atoms with Crippen molar-refractivity contribution in [3.05, 3.63) is 54.1 Å². The van der Waals surface area contributed by atoms with E-state index in [0.29, 0.717) is 24.0 Å². The summed E-state index contributed by atoms with van der Waals surface area (Å²) in [6.07, 6.45) is 3.08. The minimum absolute atomic E-state index is 0.330. The third-order valence-corrected chi connectivity index (χ3v) is 6.88. The zero-order valence-electron chi connectivity index (χ0n) is 17.8. The molecule has 164 valence electrons. The molecule has 1 fully saturated rings. The molecule has 1 atom stereocenters. The second-order valence-corrected chi connectivity index (χ2v) is 9.62. The Morgan fingerprint density at radius 3 is 2.47 bits per heavy atom. The van der Waals surface area contributed by atoms with Gasteiger partial charge in [0.25, 0.3) is 0 Å². The number of likely N-dealkylation sites (tertiary alicyclic amines) is 1. The van der Waals surface area contributed by atoms with Crippen LogP contribution in [0.4, 0.5) is 0 Å². The highest BCUT2D eigenvalue weighted by Crippen LogP contribution is 2.19. The molecular weight excluding hydrogens is 400 g/mol. The van der Waals surface area contributed by atoms with Crippen molar-refractivity contribution in [2.45, 2.75) is 31.1 Å². The molecule has 1 saturated heterocycles. The van der Waals surface area contributed by atoms with Crippen LogP contribution in [0.1, 0.15) is 24.8 Å². The van der Waals surface area contributed by atoms with Gasteiger partial charge in [0, 0.05) is 19.6 Å². The molecule has 1 N–H and O–H groups in total. The van der Waals surface area contributed by atoms with E-state index in [4.69, 9.17) is 9.47 Å². The Labute approximate surface area is 180 Å². The molecule has 30 heavy (non-hydrogen) atoms. The van der Waals surface area contributed by atoms with Crippen molar-refractivity contribution < 1.29 is 17.9 Å². The fourth-order valence-electron chi connectivity index (χ4n) is 3.70. The number of sulfonamides is 1. The molecule has 0 amide bonds. The van der Waals surface area contributed by atoms with Gasteiger partial charge in [0.1, 0.15) is 11.5 Å². The van der Waals surface area contributed by atoms with E-state index in [2.05, 4.69) is 9.62 Å². The molecule has 0 saturated carbocycles. The Morgan fingerprint density at radius 2 is 1.77 bits per heavy atom. The monoisotopic (exact) mass is 432 g/mol. The molecule has 1 aliphatic rings. The topological polar surface area (TPSA) is 67.9 Å². The smallest absolute Gasteiger partial charge is 0.240 e. The van der Waals surface area contributed by atoms with Crippen LogP contribution in [0, 0.1) is 12.8 Å². The van der Waals surface area contributed by atoms with Gasteiger partial charge in [-0.3, -0.25) is 0 Å². The van der Waals surface area contributed by atoms with Crippen LogP contribution in [0.15, 0.2) is 53.4 Å². The molecule has 0 aromatic heterocycles. The number of hydrogen-bond acceptors (Lipinski definition) is 5. The number of rotatable bonds is 10. The second kappa shape index (κ2) is 10.8. The van der Waals surface area contributed by atoms with Gasteiger partial charge in [0.2, 0.25) is 10.0 Å². The Morgan fingerprint density at radius 1 is 1.07 bits per heavy atom. The Kier molecular flexibility index (Phi) is 8.13. The summed E-state index contributed by atoms with van der Waals surface area (Å²) in [6.45, 7) is 6.02. The van der Waals surface area contributed by atoms with E-state index >= 15 is 0 Å². The van der Waals surface area contributed by atoms with Gasteiger partial charge in [-0.15, -0.1) is 0 Å². The summed E-state index contributed by atoms with van der Waals surface area (Å²) in [5.74, 6) is 2.00. The van der Waals surface area contributed by atoms with E-state index in [0.717, 1.165) is 56.0 Å². The van der Waals surface area contributed by atoms with E-state index in [-0.39, 0.29) is 0 Å². The number of piperidine rings is 1. The highest BCUT2D eigenvalue weighted by Gasteiger charge is 2.22. The average molecular weight is 433 g/mol. The fraction of sp³-hybridized carbons (Fsp3) is 0.478. The van der Waals surface area contributed by atoms with Crippen molar-refractivity contribution in [3.8, 4) is 11.5 Å². The van der Waals surface area contributed by atoms with Gasteiger partial charge in [0.05, 0.1) is 18.6 Å². The molecule has 6 nitrogen and oxygen atoms in total. The summed E-state index contributed by atoms with van der Waals surface area (Å²) in [5, 5.41) is 0. The van der Waals surface area contributed by atoms with E-state index in [1.807, 2.05) is 43.3 Å². The van der Waals surface area contributed by atoms with Crippen molar-refractivity contribution >= 4 is 10.0 Å². The minimum Gasteiger partial charge on any atom is -0.497 e. The molecule has 1 aliphatic heterocycles. The first-order valence-corrected chi connectivity index (χ1v) is 12.0. The zero-order valence-corrected chi connectivity index (χ0v) is 18.7. The highest BCUT2D eigenvalue weighted by atomic mass is 32.2. The van der Waals surface area contributed by atoms with Crippen LogP contribution in [0.25, 0.3) is 0 Å². The normalized spacial score (nSPS) is 17.6. The maximum atomic E-state index is 12.5. The summed E-state index contributed by atoms with van der Waals surface area (Å²) >= 11 is 0. The Hall–Kier alpha value is -2.09. The van der Waals surface area contributed by atoms with Crippen molar-refractivity contribution in [2.75, 3.05) is 39.9 Å². The largest absolute Gasteiger partial charge is 0.497 e. The van der Waals surface area contributed by atoms with E-state index in [9.17, 15) is 8.42 Å². The number of methoxy groups -OCH3 is 1. The lowest BCUT2D eigenvalue weighted by Crippen LogP contribution is -2.41. The third kappa shape index (κ3) is 6.72. The minimum atomic E-state index is -3.45. The fourth-order valence-corrected chi connectivity index (χ4v) is 4.82. The van der Waals surface area contributed by atoms with Gasteiger partial charge >= 0.3 is 0 Å². The summed E-state index contributed by atoms with van der Waals surface area (Å²) in [6, 6.07) is 14.6. The first kappa shape index (κ1) is 22.6. The summed E-state index contributed by atoms with van der Waals surface area (Å²) in [7, 11) is -1.80. The zero-order chi connectivity index (χ0) is 21.4. The van der Waals surface area contributed by atoms with Crippen molar-refractivity contribution in [2.24, 2.45) is 5.92 Å². The van der Waals surface area contributed by atoms with Gasteiger partial charge in [-0.1, -0.05) is 17.7 Å². The van der Waals surface area contributed by atoms with Crippen molar-refractivity contribution in [3.63, 3.8) is 0 Å². The predicted molar refractivity (Wildman–Crippen MR) is 119 cm³/mol. The van der Waals surface area contributed by atoms with Crippen LogP contribution >= 0.6 is 0 Å². The number of nitrogens with zero attached hydrogens (tertiary/aromatic N) is 1. The molecule has 1 unspecified atom stereocenters. The number of aryl methyl sites for hydroxylation is 1. The number of benzene rings is 2. The Balaban J connectivity index is 1.38. The van der Waals surface area contributed by atoms with E-state index in [1.54, 1.807) is 19.2 Å². The first-order valence-electron chi connectivity index (χ1n) is 10.5. The molecule has 0 bridgehead atoms. The van der Waals surface area contributed by atoms with Crippen molar-refractivity contribution in [1.29, 1.82) is 0 Å². The lowest BCUT2D eigenvalue weighted by Gasteiger charge is -2.32. The molecular formula is C23H32N2O4S. The highest BCUT2D eigenvalue weighted by molar-refractivity contribution is 7.89. The third-order valence-electron chi connectivity index (χ3n) is 5.44. The van der Waals surface area contributed by atoms with Gasteiger partial charge in [-0.05, 0) is 75.0 Å². The van der Waals surface area contributed by atoms with E-state index in [1.165, 1.54) is 0 Å². The molecule has 2 aromatic carbocycles. The van der Waals surface area contributed by atoms with Crippen LogP contribution in [0.5, 0.6) is 11.5 Å². The number of hydrogen-bond donors (Lipinski definition) is 1.